The monoisotopic (exact) mass is 230 g/mol. The van der Waals surface area contributed by atoms with Crippen molar-refractivity contribution in [3.8, 4) is 0 Å². The maximum atomic E-state index is 11.3. The van der Waals surface area contributed by atoms with Crippen LogP contribution in [-0.4, -0.2) is 48.1 Å². The van der Waals surface area contributed by atoms with Crippen LogP contribution in [0.4, 0.5) is 0 Å². The van der Waals surface area contributed by atoms with E-state index in [1.807, 2.05) is 7.05 Å². The van der Waals surface area contributed by atoms with E-state index in [1.54, 1.807) is 0 Å². The van der Waals surface area contributed by atoms with Crippen molar-refractivity contribution in [3.63, 3.8) is 0 Å². The van der Waals surface area contributed by atoms with E-state index in [0.29, 0.717) is 19.0 Å². The number of carbonyl (C=O) groups excluding carboxylic acids is 1. The molecule has 0 spiro atoms. The van der Waals surface area contributed by atoms with E-state index in [0.717, 1.165) is 6.54 Å². The smallest absolute Gasteiger partial charge is 0.303 e. The first-order chi connectivity index (χ1) is 7.43. The highest BCUT2D eigenvalue weighted by molar-refractivity contribution is 5.76. The first kappa shape index (κ1) is 14.9. The topological polar surface area (TPSA) is 69.6 Å². The first-order valence-corrected chi connectivity index (χ1v) is 5.62. The fourth-order valence-corrected chi connectivity index (χ4v) is 1.12. The summed E-state index contributed by atoms with van der Waals surface area (Å²) in [4.78, 5) is 23.6. The number of hydrogen-bond donors (Lipinski definition) is 2. The summed E-state index contributed by atoms with van der Waals surface area (Å²) in [5, 5.41) is 11.2. The molecule has 0 aliphatic heterocycles. The Kier molecular flexibility index (Phi) is 7.54. The molecule has 94 valence electrons. The number of amides is 1. The standard InChI is InChI=1S/C11H22N2O3/c1-9(2)13(3)8-7-12-10(14)5-4-6-11(15)16/h9H,4-8H2,1-3H3,(H,12,14)(H,15,16). The minimum absolute atomic E-state index is 0.0549. The molecule has 0 aliphatic carbocycles. The van der Waals surface area contributed by atoms with Gasteiger partial charge in [-0.3, -0.25) is 9.59 Å². The predicted octanol–water partition coefficient (Wildman–Crippen LogP) is 0.698. The summed E-state index contributed by atoms with van der Waals surface area (Å²) in [6.45, 7) is 5.60. The van der Waals surface area contributed by atoms with Crippen molar-refractivity contribution in [2.45, 2.75) is 39.2 Å². The maximum absolute atomic E-state index is 11.3. The normalized spacial score (nSPS) is 10.8. The summed E-state index contributed by atoms with van der Waals surface area (Å²) in [6.07, 6.45) is 0.748. The fraction of sp³-hybridized carbons (Fsp3) is 0.818. The Bertz CT molecular complexity index is 229. The molecule has 0 heterocycles. The third-order valence-corrected chi connectivity index (χ3v) is 2.46. The predicted molar refractivity (Wildman–Crippen MR) is 62.3 cm³/mol. The molecule has 0 saturated carbocycles. The second kappa shape index (κ2) is 8.10. The molecule has 2 N–H and O–H groups in total. The van der Waals surface area contributed by atoms with Crippen LogP contribution in [0.1, 0.15) is 33.1 Å². The number of hydrogen-bond acceptors (Lipinski definition) is 3. The van der Waals surface area contributed by atoms with Crippen LogP contribution in [0.15, 0.2) is 0 Å². The van der Waals surface area contributed by atoms with Gasteiger partial charge in [0.15, 0.2) is 0 Å². The number of nitrogens with one attached hydrogen (secondary N) is 1. The molecule has 5 nitrogen and oxygen atoms in total. The number of nitrogens with zero attached hydrogens (tertiary/aromatic N) is 1. The molecule has 0 radical (unpaired) electrons. The Balaban J connectivity index is 3.47. The van der Waals surface area contributed by atoms with Gasteiger partial charge in [0, 0.05) is 32.0 Å². The van der Waals surface area contributed by atoms with Gasteiger partial charge < -0.3 is 15.3 Å². The van der Waals surface area contributed by atoms with Crippen molar-refractivity contribution in [1.82, 2.24) is 10.2 Å². The zero-order chi connectivity index (χ0) is 12.6. The minimum atomic E-state index is -0.854. The molecule has 0 fully saturated rings. The van der Waals surface area contributed by atoms with Gasteiger partial charge in [-0.15, -0.1) is 0 Å². The van der Waals surface area contributed by atoms with Crippen LogP contribution in [0, 0.1) is 0 Å². The molecule has 0 bridgehead atoms. The summed E-state index contributed by atoms with van der Waals surface area (Å²) < 4.78 is 0. The molecule has 0 aliphatic rings. The lowest BCUT2D eigenvalue weighted by atomic mass is 10.2. The lowest BCUT2D eigenvalue weighted by Crippen LogP contribution is -2.36. The number of carbonyl (C=O) groups is 2. The van der Waals surface area contributed by atoms with Crippen molar-refractivity contribution in [2.75, 3.05) is 20.1 Å². The summed E-state index contributed by atoms with van der Waals surface area (Å²) in [5.74, 6) is -0.925. The van der Waals surface area contributed by atoms with Gasteiger partial charge >= 0.3 is 5.97 Å². The van der Waals surface area contributed by atoms with Crippen LogP contribution in [0.25, 0.3) is 0 Å². The number of likely N-dealkylation sites (N-methyl/N-ethyl adjacent to an activating group) is 1. The van der Waals surface area contributed by atoms with Crippen LogP contribution >= 0.6 is 0 Å². The van der Waals surface area contributed by atoms with Gasteiger partial charge in [0.25, 0.3) is 0 Å². The molecular weight excluding hydrogens is 208 g/mol. The number of carboxylic acid groups (broad SMARTS) is 1. The van der Waals surface area contributed by atoms with Gasteiger partial charge in [-0.2, -0.15) is 0 Å². The summed E-state index contributed by atoms with van der Waals surface area (Å²) in [7, 11) is 2.00. The van der Waals surface area contributed by atoms with Gasteiger partial charge in [-0.25, -0.2) is 0 Å². The maximum Gasteiger partial charge on any atom is 0.303 e. The third kappa shape index (κ3) is 8.23. The van der Waals surface area contributed by atoms with E-state index in [9.17, 15) is 9.59 Å². The molecule has 0 saturated heterocycles. The van der Waals surface area contributed by atoms with E-state index in [2.05, 4.69) is 24.1 Å². The Labute approximate surface area is 96.8 Å². The van der Waals surface area contributed by atoms with Crippen molar-refractivity contribution in [2.24, 2.45) is 0 Å². The Hall–Kier alpha value is -1.10. The zero-order valence-corrected chi connectivity index (χ0v) is 10.3. The summed E-state index contributed by atoms with van der Waals surface area (Å²) in [6, 6.07) is 0.462. The van der Waals surface area contributed by atoms with E-state index < -0.39 is 5.97 Å². The van der Waals surface area contributed by atoms with Crippen LogP contribution in [0.2, 0.25) is 0 Å². The van der Waals surface area contributed by atoms with E-state index in [-0.39, 0.29) is 18.7 Å². The molecule has 0 rings (SSSR count). The average molecular weight is 230 g/mol. The van der Waals surface area contributed by atoms with Crippen molar-refractivity contribution < 1.29 is 14.7 Å². The molecule has 1 amide bonds. The van der Waals surface area contributed by atoms with E-state index >= 15 is 0 Å². The molecule has 5 heteroatoms. The van der Waals surface area contributed by atoms with Crippen LogP contribution in [0.5, 0.6) is 0 Å². The number of rotatable bonds is 8. The number of carboxylic acids is 1. The molecule has 0 aromatic rings. The number of aliphatic carboxylic acids is 1. The van der Waals surface area contributed by atoms with Gasteiger partial charge in [-0.05, 0) is 27.3 Å². The summed E-state index contributed by atoms with van der Waals surface area (Å²) in [5.41, 5.74) is 0. The lowest BCUT2D eigenvalue weighted by molar-refractivity contribution is -0.137. The highest BCUT2D eigenvalue weighted by atomic mass is 16.4. The quantitative estimate of drug-likeness (QED) is 0.644. The van der Waals surface area contributed by atoms with Crippen LogP contribution < -0.4 is 5.32 Å². The summed E-state index contributed by atoms with van der Waals surface area (Å²) >= 11 is 0. The Morgan fingerprint density at radius 2 is 1.94 bits per heavy atom. The Morgan fingerprint density at radius 3 is 2.44 bits per heavy atom. The molecular formula is C11H22N2O3. The average Bonchev–Trinajstić information content (AvgIpc) is 2.16. The van der Waals surface area contributed by atoms with Gasteiger partial charge in [-0.1, -0.05) is 0 Å². The second-order valence-electron chi connectivity index (χ2n) is 4.17. The minimum Gasteiger partial charge on any atom is -0.481 e. The SMILES string of the molecule is CC(C)N(C)CCNC(=O)CCCC(=O)O. The van der Waals surface area contributed by atoms with Crippen LogP contribution in [0.3, 0.4) is 0 Å². The van der Waals surface area contributed by atoms with Crippen molar-refractivity contribution in [1.29, 1.82) is 0 Å². The highest BCUT2D eigenvalue weighted by Gasteiger charge is 2.05. The van der Waals surface area contributed by atoms with E-state index in [4.69, 9.17) is 5.11 Å². The highest BCUT2D eigenvalue weighted by Crippen LogP contribution is 1.95. The second-order valence-corrected chi connectivity index (χ2v) is 4.17. The molecule has 0 aromatic heterocycles. The largest absolute Gasteiger partial charge is 0.481 e. The lowest BCUT2D eigenvalue weighted by Gasteiger charge is -2.20. The molecule has 0 aromatic carbocycles. The van der Waals surface area contributed by atoms with Crippen molar-refractivity contribution in [3.05, 3.63) is 0 Å². The first-order valence-electron chi connectivity index (χ1n) is 5.62. The zero-order valence-electron chi connectivity index (χ0n) is 10.3. The van der Waals surface area contributed by atoms with Crippen LogP contribution in [-0.2, 0) is 9.59 Å². The Morgan fingerprint density at radius 1 is 1.31 bits per heavy atom. The molecule has 16 heavy (non-hydrogen) atoms. The third-order valence-electron chi connectivity index (χ3n) is 2.46. The molecule has 0 atom stereocenters. The van der Waals surface area contributed by atoms with Crippen molar-refractivity contribution >= 4 is 11.9 Å². The van der Waals surface area contributed by atoms with E-state index in [1.165, 1.54) is 0 Å². The van der Waals surface area contributed by atoms with Gasteiger partial charge in [0.1, 0.15) is 0 Å². The molecule has 0 unspecified atom stereocenters. The van der Waals surface area contributed by atoms with Gasteiger partial charge in [0.2, 0.25) is 5.91 Å². The van der Waals surface area contributed by atoms with Gasteiger partial charge in [0.05, 0.1) is 0 Å². The fourth-order valence-electron chi connectivity index (χ4n) is 1.12.